The molecule has 0 unspecified atom stereocenters. The van der Waals surface area contributed by atoms with Crippen LogP contribution < -0.4 is 9.47 Å². The highest BCUT2D eigenvalue weighted by Gasteiger charge is 2.72. The smallest absolute Gasteiger partial charge is 0.347 e. The van der Waals surface area contributed by atoms with Gasteiger partial charge in [0.25, 0.3) is 0 Å². The van der Waals surface area contributed by atoms with Crippen molar-refractivity contribution in [2.24, 2.45) is 0 Å². The molecular formula is C28H33NO11. The van der Waals surface area contributed by atoms with E-state index in [0.717, 1.165) is 17.7 Å². The molecule has 0 radical (unpaired) electrons. The van der Waals surface area contributed by atoms with Gasteiger partial charge in [-0.2, -0.15) is 0 Å². The molecule has 12 heteroatoms. The van der Waals surface area contributed by atoms with Crippen LogP contribution in [0.15, 0.2) is 24.0 Å². The highest BCUT2D eigenvalue weighted by atomic mass is 16.6. The van der Waals surface area contributed by atoms with E-state index in [-0.39, 0.29) is 31.1 Å². The van der Waals surface area contributed by atoms with Crippen molar-refractivity contribution in [3.8, 4) is 11.5 Å². The van der Waals surface area contributed by atoms with Crippen molar-refractivity contribution in [1.82, 2.24) is 4.90 Å². The van der Waals surface area contributed by atoms with Crippen molar-refractivity contribution in [2.75, 3.05) is 20.7 Å². The van der Waals surface area contributed by atoms with Gasteiger partial charge < -0.3 is 38.8 Å². The lowest BCUT2D eigenvalue weighted by Crippen LogP contribution is -2.74. The second kappa shape index (κ2) is 10.1. The molecule has 1 aromatic rings. The molecule has 12 nitrogen and oxygen atoms in total. The molecular weight excluding hydrogens is 526 g/mol. The number of esters is 3. The summed E-state index contributed by atoms with van der Waals surface area (Å²) >= 11 is 0. The van der Waals surface area contributed by atoms with Crippen molar-refractivity contribution in [1.29, 1.82) is 0 Å². The number of carbonyl (C=O) groups excluding carboxylic acids is 3. The number of hydrogen-bond acceptors (Lipinski definition) is 11. The van der Waals surface area contributed by atoms with Gasteiger partial charge in [0.1, 0.15) is 5.76 Å². The lowest BCUT2D eigenvalue weighted by molar-refractivity contribution is -0.175. The zero-order chi connectivity index (χ0) is 29.0. The number of carboxylic acid groups (broad SMARTS) is 1. The molecule has 1 aromatic carbocycles. The van der Waals surface area contributed by atoms with Crippen LogP contribution in [-0.2, 0) is 45.2 Å². The van der Waals surface area contributed by atoms with E-state index in [1.165, 1.54) is 13.8 Å². The topological polar surface area (TPSA) is 158 Å². The minimum atomic E-state index is -1.39. The molecule has 4 aliphatic rings. The maximum Gasteiger partial charge on any atom is 0.347 e. The number of piperidine rings is 1. The zero-order valence-corrected chi connectivity index (χ0v) is 22.8. The second-order valence-corrected chi connectivity index (χ2v) is 10.8. The van der Waals surface area contributed by atoms with Crippen LogP contribution in [-0.4, -0.2) is 89.6 Å². The van der Waals surface area contributed by atoms with Gasteiger partial charge in [0.15, 0.2) is 29.8 Å². The lowest BCUT2D eigenvalue weighted by Gasteiger charge is -2.61. The summed E-state index contributed by atoms with van der Waals surface area (Å²) in [5, 5.41) is 21.1. The first-order valence-electron chi connectivity index (χ1n) is 13.3. The van der Waals surface area contributed by atoms with Crippen molar-refractivity contribution < 1.29 is 53.1 Å². The van der Waals surface area contributed by atoms with Crippen LogP contribution in [0.4, 0.5) is 0 Å². The Balaban J connectivity index is 1.29. The number of aliphatic hydroxyl groups is 1. The summed E-state index contributed by atoms with van der Waals surface area (Å²) in [6.45, 7) is 3.15. The Morgan fingerprint density at radius 3 is 2.55 bits per heavy atom. The van der Waals surface area contributed by atoms with Gasteiger partial charge in [-0.05, 0) is 58.0 Å². The Morgan fingerprint density at radius 2 is 1.85 bits per heavy atom. The number of methoxy groups -OCH3 is 1. The first-order chi connectivity index (χ1) is 18.9. The van der Waals surface area contributed by atoms with Crippen LogP contribution in [0.3, 0.4) is 0 Å². The van der Waals surface area contributed by atoms with E-state index in [1.807, 2.05) is 19.2 Å². The number of likely N-dealkylation sites (tertiary alicyclic amines) is 1. The van der Waals surface area contributed by atoms with Crippen LogP contribution in [0, 0.1) is 0 Å². The molecule has 1 saturated heterocycles. The van der Waals surface area contributed by atoms with Gasteiger partial charge in [-0.15, -0.1) is 0 Å². The summed E-state index contributed by atoms with van der Waals surface area (Å²) in [5.41, 5.74) is 0.0124. The van der Waals surface area contributed by atoms with Crippen molar-refractivity contribution in [3.63, 3.8) is 0 Å². The maximum atomic E-state index is 12.8. The van der Waals surface area contributed by atoms with Crippen molar-refractivity contribution in [3.05, 3.63) is 35.1 Å². The number of nitrogens with zero attached hydrogens (tertiary/aromatic N) is 1. The van der Waals surface area contributed by atoms with Gasteiger partial charge in [-0.25, -0.2) is 9.59 Å². The third-order valence-corrected chi connectivity index (χ3v) is 8.60. The van der Waals surface area contributed by atoms with E-state index in [1.54, 1.807) is 13.2 Å². The Kier molecular flexibility index (Phi) is 7.03. The molecule has 2 bridgehead atoms. The highest BCUT2D eigenvalue weighted by Crippen LogP contribution is 2.65. The number of likely N-dealkylation sites (N-methyl/N-ethyl adjacent to an activating group) is 1. The normalized spacial score (nSPS) is 29.2. The predicted molar refractivity (Wildman–Crippen MR) is 136 cm³/mol. The van der Waals surface area contributed by atoms with E-state index in [4.69, 9.17) is 28.8 Å². The Hall–Kier alpha value is -3.64. The quantitative estimate of drug-likeness (QED) is 0.330. The molecule has 1 fully saturated rings. The van der Waals surface area contributed by atoms with Crippen LogP contribution in [0.2, 0.25) is 0 Å². The van der Waals surface area contributed by atoms with Crippen LogP contribution in [0.1, 0.15) is 50.7 Å². The molecule has 0 amide bonds. The van der Waals surface area contributed by atoms with Gasteiger partial charge in [0.2, 0.25) is 0 Å². The summed E-state index contributed by atoms with van der Waals surface area (Å²) in [4.78, 5) is 50.0. The molecule has 40 heavy (non-hydrogen) atoms. The molecule has 1 spiro atoms. The fourth-order valence-electron chi connectivity index (χ4n) is 6.60. The number of hydrogen-bond donors (Lipinski definition) is 2. The minimum Gasteiger partial charge on any atom is -0.493 e. The molecule has 2 N–H and O–H groups in total. The van der Waals surface area contributed by atoms with E-state index in [9.17, 15) is 24.3 Å². The largest absolute Gasteiger partial charge is 0.493 e. The Morgan fingerprint density at radius 1 is 1.12 bits per heavy atom. The number of carbonyl (C=O) groups is 4. The monoisotopic (exact) mass is 559 g/mol. The summed E-state index contributed by atoms with van der Waals surface area (Å²) in [7, 11) is 3.55. The molecule has 2 heterocycles. The Bertz CT molecular complexity index is 1290. The average Bonchev–Trinajstić information content (AvgIpc) is 3.26. The standard InChI is InChI=1S/C28H33NO11/c1-14(25(32)33)38-26(34)15(2)37-20(30)7-8-21(31)39-18-9-10-28(35)19-13-16-5-6-17(36-4)23-22(16)27(28,24(18)40-23)11-12-29(19)3/h5-6,9,14-15,19,24,35H,7-8,10-13H2,1-4H3,(H,32,33)/t14-,15-,19-,24-,27-,28+/m0/s1. The van der Waals surface area contributed by atoms with Crippen LogP contribution in [0.25, 0.3) is 0 Å². The fraction of sp³-hybridized carbons (Fsp3) is 0.571. The maximum absolute atomic E-state index is 12.8. The van der Waals surface area contributed by atoms with E-state index < -0.39 is 53.2 Å². The Labute approximate surface area is 230 Å². The summed E-state index contributed by atoms with van der Waals surface area (Å²) in [6.07, 6.45) is -1.00. The number of benzene rings is 1. The van der Waals surface area contributed by atoms with E-state index in [0.29, 0.717) is 24.3 Å². The average molecular weight is 560 g/mol. The van der Waals surface area contributed by atoms with Gasteiger partial charge in [-0.3, -0.25) is 9.59 Å². The predicted octanol–water partition coefficient (Wildman–Crippen LogP) is 1.24. The van der Waals surface area contributed by atoms with Crippen molar-refractivity contribution >= 4 is 23.9 Å². The van der Waals surface area contributed by atoms with Gasteiger partial charge in [0, 0.05) is 18.0 Å². The molecule has 6 atom stereocenters. The molecule has 2 aliphatic heterocycles. The number of aliphatic carboxylic acids is 1. The molecule has 5 rings (SSSR count). The summed E-state index contributed by atoms with van der Waals surface area (Å²) in [6, 6.07) is 3.71. The number of rotatable bonds is 9. The van der Waals surface area contributed by atoms with E-state index >= 15 is 0 Å². The molecule has 216 valence electrons. The molecule has 0 saturated carbocycles. The highest BCUT2D eigenvalue weighted by molar-refractivity contribution is 5.83. The third kappa shape index (κ3) is 4.21. The SMILES string of the molecule is COc1ccc2c3c1O[C@H]1C(OC(=O)CCC(=O)O[C@@H](C)C(=O)O[C@@H](C)C(=O)O)=CC[C@@]4(O)[C@H](C2)N(C)CC[C@]314. The fourth-order valence-corrected chi connectivity index (χ4v) is 6.60. The zero-order valence-electron chi connectivity index (χ0n) is 22.8. The van der Waals surface area contributed by atoms with Crippen molar-refractivity contribution in [2.45, 2.75) is 81.3 Å². The molecule has 0 aromatic heterocycles. The third-order valence-electron chi connectivity index (χ3n) is 8.60. The summed E-state index contributed by atoms with van der Waals surface area (Å²) < 4.78 is 27.4. The van der Waals surface area contributed by atoms with E-state index in [2.05, 4.69) is 4.90 Å². The summed E-state index contributed by atoms with van der Waals surface area (Å²) in [5.74, 6) is -2.53. The van der Waals surface area contributed by atoms with Crippen LogP contribution >= 0.6 is 0 Å². The lowest BCUT2D eigenvalue weighted by atomic mass is 9.50. The second-order valence-electron chi connectivity index (χ2n) is 10.8. The minimum absolute atomic E-state index is 0.144. The number of carboxylic acids is 1. The first-order valence-corrected chi connectivity index (χ1v) is 13.3. The van der Waals surface area contributed by atoms with Gasteiger partial charge in [-0.1, -0.05) is 6.07 Å². The van der Waals surface area contributed by atoms with Gasteiger partial charge in [0.05, 0.1) is 31.0 Å². The first kappa shape index (κ1) is 27.9. The molecule has 2 aliphatic carbocycles. The van der Waals surface area contributed by atoms with Crippen LogP contribution in [0.5, 0.6) is 11.5 Å². The van der Waals surface area contributed by atoms with Gasteiger partial charge >= 0.3 is 23.9 Å². The number of ether oxygens (including phenoxy) is 5.